The number of nitrogens with one attached hydrogen (secondary N) is 1. The molecule has 114 valence electrons. The molecule has 1 aromatic rings. The lowest BCUT2D eigenvalue weighted by molar-refractivity contribution is 0.162. The molecule has 5 unspecified atom stereocenters. The fourth-order valence-corrected chi connectivity index (χ4v) is 5.15. The lowest BCUT2D eigenvalue weighted by Crippen LogP contribution is -2.41. The average Bonchev–Trinajstić information content (AvgIpc) is 3.15. The molecule has 21 heavy (non-hydrogen) atoms. The molecule has 0 amide bonds. The number of ether oxygens (including phenoxy) is 1. The highest BCUT2D eigenvalue weighted by atomic mass is 16.5. The van der Waals surface area contributed by atoms with Crippen LogP contribution in [0.3, 0.4) is 0 Å². The Bertz CT molecular complexity index is 500. The molecule has 0 spiro atoms. The van der Waals surface area contributed by atoms with Crippen LogP contribution in [0.2, 0.25) is 0 Å². The Balaban J connectivity index is 1.42. The summed E-state index contributed by atoms with van der Waals surface area (Å²) >= 11 is 0. The second kappa shape index (κ2) is 5.64. The molecule has 1 N–H and O–H groups in total. The van der Waals surface area contributed by atoms with Crippen LogP contribution in [0.15, 0.2) is 24.3 Å². The lowest BCUT2D eigenvalue weighted by atomic mass is 9.79. The second-order valence-electron chi connectivity index (χ2n) is 7.45. The van der Waals surface area contributed by atoms with Crippen LogP contribution in [-0.2, 0) is 6.42 Å². The summed E-state index contributed by atoms with van der Waals surface area (Å²) in [5.41, 5.74) is 1.39. The largest absolute Gasteiger partial charge is 0.493 e. The average molecular weight is 285 g/mol. The van der Waals surface area contributed by atoms with Crippen molar-refractivity contribution in [2.45, 2.75) is 44.6 Å². The SMILES string of the molecule is CNC(CC1CC2CCC1C2)C1COc2ccccc2C1. The smallest absolute Gasteiger partial charge is 0.122 e. The molecule has 2 bridgehead atoms. The van der Waals surface area contributed by atoms with Gasteiger partial charge < -0.3 is 10.1 Å². The minimum Gasteiger partial charge on any atom is -0.493 e. The van der Waals surface area contributed by atoms with Gasteiger partial charge in [0.05, 0.1) is 6.61 Å². The Labute approximate surface area is 128 Å². The third kappa shape index (κ3) is 2.59. The highest BCUT2D eigenvalue weighted by Crippen LogP contribution is 2.50. The summed E-state index contributed by atoms with van der Waals surface area (Å²) < 4.78 is 6.01. The van der Waals surface area contributed by atoms with E-state index < -0.39 is 0 Å². The van der Waals surface area contributed by atoms with Gasteiger partial charge >= 0.3 is 0 Å². The minimum atomic E-state index is 0.614. The van der Waals surface area contributed by atoms with Gasteiger partial charge in [0.2, 0.25) is 0 Å². The molecular weight excluding hydrogens is 258 g/mol. The number of para-hydroxylation sites is 1. The van der Waals surface area contributed by atoms with E-state index in [9.17, 15) is 0 Å². The van der Waals surface area contributed by atoms with Gasteiger partial charge in [-0.05, 0) is 68.5 Å². The second-order valence-corrected chi connectivity index (χ2v) is 7.45. The molecule has 0 aromatic heterocycles. The molecule has 2 nitrogen and oxygen atoms in total. The number of fused-ring (bicyclic) bond motifs is 3. The van der Waals surface area contributed by atoms with Crippen molar-refractivity contribution in [3.63, 3.8) is 0 Å². The van der Waals surface area contributed by atoms with E-state index in [1.54, 1.807) is 0 Å². The molecule has 3 aliphatic rings. The van der Waals surface area contributed by atoms with Crippen molar-refractivity contribution in [1.29, 1.82) is 0 Å². The summed E-state index contributed by atoms with van der Waals surface area (Å²) in [5, 5.41) is 3.61. The van der Waals surface area contributed by atoms with Gasteiger partial charge in [-0.25, -0.2) is 0 Å². The maximum atomic E-state index is 6.01. The van der Waals surface area contributed by atoms with E-state index >= 15 is 0 Å². The number of benzene rings is 1. The molecule has 0 saturated heterocycles. The fraction of sp³-hybridized carbons (Fsp3) is 0.684. The van der Waals surface area contributed by atoms with Crippen molar-refractivity contribution in [3.05, 3.63) is 29.8 Å². The predicted molar refractivity (Wildman–Crippen MR) is 85.5 cm³/mol. The maximum Gasteiger partial charge on any atom is 0.122 e. The molecule has 1 heterocycles. The van der Waals surface area contributed by atoms with Crippen molar-refractivity contribution in [2.24, 2.45) is 23.7 Å². The van der Waals surface area contributed by atoms with Crippen molar-refractivity contribution in [3.8, 4) is 5.75 Å². The number of rotatable bonds is 4. The van der Waals surface area contributed by atoms with E-state index in [0.29, 0.717) is 12.0 Å². The molecule has 2 heteroatoms. The molecule has 1 aliphatic heterocycles. The van der Waals surface area contributed by atoms with Gasteiger partial charge in [-0.1, -0.05) is 24.6 Å². The van der Waals surface area contributed by atoms with Crippen LogP contribution in [0, 0.1) is 23.7 Å². The third-order valence-electron chi connectivity index (χ3n) is 6.29. The highest BCUT2D eigenvalue weighted by molar-refractivity contribution is 5.35. The first kappa shape index (κ1) is 13.6. The summed E-state index contributed by atoms with van der Waals surface area (Å²) in [5.74, 6) is 4.79. The van der Waals surface area contributed by atoms with Gasteiger partial charge in [0.1, 0.15) is 5.75 Å². The van der Waals surface area contributed by atoms with Gasteiger partial charge in [0.25, 0.3) is 0 Å². The molecule has 1 aromatic carbocycles. The Morgan fingerprint density at radius 3 is 2.90 bits per heavy atom. The van der Waals surface area contributed by atoms with Crippen molar-refractivity contribution in [2.75, 3.05) is 13.7 Å². The van der Waals surface area contributed by atoms with Crippen molar-refractivity contribution >= 4 is 0 Å². The zero-order chi connectivity index (χ0) is 14.2. The van der Waals surface area contributed by atoms with E-state index in [1.165, 1.54) is 44.1 Å². The zero-order valence-corrected chi connectivity index (χ0v) is 13.1. The monoisotopic (exact) mass is 285 g/mol. The summed E-state index contributed by atoms with van der Waals surface area (Å²) in [6.07, 6.45) is 8.54. The first-order chi connectivity index (χ1) is 10.3. The predicted octanol–water partition coefficient (Wildman–Crippen LogP) is 3.65. The van der Waals surface area contributed by atoms with Crippen LogP contribution in [0.5, 0.6) is 5.75 Å². The third-order valence-corrected chi connectivity index (χ3v) is 6.29. The van der Waals surface area contributed by atoms with Crippen LogP contribution < -0.4 is 10.1 Å². The minimum absolute atomic E-state index is 0.614. The zero-order valence-electron chi connectivity index (χ0n) is 13.1. The van der Waals surface area contributed by atoms with Crippen molar-refractivity contribution in [1.82, 2.24) is 5.32 Å². The Hall–Kier alpha value is -1.02. The quantitative estimate of drug-likeness (QED) is 0.911. The first-order valence-corrected chi connectivity index (χ1v) is 8.71. The standard InChI is InChI=1S/C19H27NO/c1-20-18(11-16-9-13-6-7-14(16)8-13)17-10-15-4-2-3-5-19(15)21-12-17/h2-5,13-14,16-18,20H,6-12H2,1H3. The van der Waals surface area contributed by atoms with E-state index in [1.807, 2.05) is 0 Å². The molecular formula is C19H27NO. The Morgan fingerprint density at radius 2 is 2.14 bits per heavy atom. The highest BCUT2D eigenvalue weighted by Gasteiger charge is 2.41. The summed E-state index contributed by atoms with van der Waals surface area (Å²) in [6, 6.07) is 9.16. The summed E-state index contributed by atoms with van der Waals surface area (Å²) in [6.45, 7) is 0.878. The Kier molecular flexibility index (Phi) is 3.66. The molecule has 2 fully saturated rings. The summed E-state index contributed by atoms with van der Waals surface area (Å²) in [7, 11) is 2.14. The summed E-state index contributed by atoms with van der Waals surface area (Å²) in [4.78, 5) is 0. The Morgan fingerprint density at radius 1 is 1.24 bits per heavy atom. The van der Waals surface area contributed by atoms with Crippen LogP contribution in [0.4, 0.5) is 0 Å². The normalized spacial score (nSPS) is 35.3. The molecule has 5 atom stereocenters. The number of hydrogen-bond acceptors (Lipinski definition) is 2. The van der Waals surface area contributed by atoms with E-state index in [2.05, 4.69) is 36.6 Å². The van der Waals surface area contributed by atoms with Crippen LogP contribution >= 0.6 is 0 Å². The first-order valence-electron chi connectivity index (χ1n) is 8.71. The molecule has 0 radical (unpaired) electrons. The van der Waals surface area contributed by atoms with Gasteiger partial charge in [-0.3, -0.25) is 0 Å². The van der Waals surface area contributed by atoms with Crippen LogP contribution in [0.1, 0.15) is 37.7 Å². The van der Waals surface area contributed by atoms with Gasteiger partial charge in [0.15, 0.2) is 0 Å². The maximum absolute atomic E-state index is 6.01. The van der Waals surface area contributed by atoms with E-state index in [-0.39, 0.29) is 0 Å². The number of hydrogen-bond donors (Lipinski definition) is 1. The van der Waals surface area contributed by atoms with Crippen LogP contribution in [0.25, 0.3) is 0 Å². The van der Waals surface area contributed by atoms with E-state index in [4.69, 9.17) is 4.74 Å². The topological polar surface area (TPSA) is 21.3 Å². The van der Waals surface area contributed by atoms with Crippen LogP contribution in [-0.4, -0.2) is 19.7 Å². The van der Waals surface area contributed by atoms with E-state index in [0.717, 1.165) is 30.1 Å². The van der Waals surface area contributed by atoms with Gasteiger partial charge in [-0.15, -0.1) is 0 Å². The lowest BCUT2D eigenvalue weighted by Gasteiger charge is -2.34. The molecule has 4 rings (SSSR count). The fourth-order valence-electron chi connectivity index (χ4n) is 5.15. The molecule has 2 aliphatic carbocycles. The van der Waals surface area contributed by atoms with Gasteiger partial charge in [-0.2, -0.15) is 0 Å². The van der Waals surface area contributed by atoms with Crippen molar-refractivity contribution < 1.29 is 4.74 Å². The van der Waals surface area contributed by atoms with Gasteiger partial charge in [0, 0.05) is 12.0 Å². The molecule has 2 saturated carbocycles.